The third-order valence-electron chi connectivity index (χ3n) is 5.73. The lowest BCUT2D eigenvalue weighted by molar-refractivity contribution is -0.152. The molecule has 174 valence electrons. The molecular weight excluding hydrogens is 430 g/mol. The van der Waals surface area contributed by atoms with E-state index in [0.717, 1.165) is 10.7 Å². The molecule has 32 heavy (non-hydrogen) atoms. The SMILES string of the molecule is CC(C)CCNC(=O)C1(C)CN(S(=O)(=O)c2ccccc2)CC(=O)N1CCc1ccco1. The van der Waals surface area contributed by atoms with Crippen LogP contribution in [0.1, 0.15) is 33.0 Å². The van der Waals surface area contributed by atoms with Gasteiger partial charge in [-0.05, 0) is 43.5 Å². The fourth-order valence-electron chi connectivity index (χ4n) is 3.82. The van der Waals surface area contributed by atoms with Crippen LogP contribution in [0.2, 0.25) is 0 Å². The molecule has 0 radical (unpaired) electrons. The van der Waals surface area contributed by atoms with Crippen LogP contribution in [0.5, 0.6) is 0 Å². The van der Waals surface area contributed by atoms with Gasteiger partial charge in [0.05, 0.1) is 17.7 Å². The quantitative estimate of drug-likeness (QED) is 0.618. The number of furan rings is 1. The Morgan fingerprint density at radius 1 is 1.19 bits per heavy atom. The molecule has 0 spiro atoms. The van der Waals surface area contributed by atoms with Gasteiger partial charge in [0.1, 0.15) is 11.3 Å². The van der Waals surface area contributed by atoms with Crippen LogP contribution in [-0.4, -0.2) is 61.2 Å². The zero-order valence-corrected chi connectivity index (χ0v) is 19.6. The fourth-order valence-corrected chi connectivity index (χ4v) is 5.32. The minimum Gasteiger partial charge on any atom is -0.469 e. The van der Waals surface area contributed by atoms with E-state index < -0.39 is 21.5 Å². The monoisotopic (exact) mass is 461 g/mol. The van der Waals surface area contributed by atoms with Gasteiger partial charge in [0.2, 0.25) is 21.8 Å². The van der Waals surface area contributed by atoms with Crippen molar-refractivity contribution in [2.75, 3.05) is 26.2 Å². The van der Waals surface area contributed by atoms with E-state index in [1.807, 2.05) is 0 Å². The van der Waals surface area contributed by atoms with E-state index in [0.29, 0.717) is 24.6 Å². The Morgan fingerprint density at radius 2 is 1.91 bits per heavy atom. The van der Waals surface area contributed by atoms with E-state index in [1.54, 1.807) is 43.5 Å². The van der Waals surface area contributed by atoms with Gasteiger partial charge in [-0.2, -0.15) is 4.31 Å². The molecule has 3 rings (SSSR count). The first kappa shape index (κ1) is 24.0. The van der Waals surface area contributed by atoms with Crippen LogP contribution in [-0.2, 0) is 26.0 Å². The maximum absolute atomic E-state index is 13.3. The lowest BCUT2D eigenvalue weighted by atomic mass is 9.95. The second-order valence-electron chi connectivity index (χ2n) is 8.67. The predicted octanol–water partition coefficient (Wildman–Crippen LogP) is 2.28. The smallest absolute Gasteiger partial charge is 0.247 e. The average Bonchev–Trinajstić information content (AvgIpc) is 3.27. The summed E-state index contributed by atoms with van der Waals surface area (Å²) in [5.41, 5.74) is -1.35. The summed E-state index contributed by atoms with van der Waals surface area (Å²) in [4.78, 5) is 28.0. The van der Waals surface area contributed by atoms with Crippen LogP contribution in [0.25, 0.3) is 0 Å². The van der Waals surface area contributed by atoms with Gasteiger partial charge < -0.3 is 14.6 Å². The molecule has 2 amide bonds. The highest BCUT2D eigenvalue weighted by molar-refractivity contribution is 7.89. The minimum atomic E-state index is -3.93. The van der Waals surface area contributed by atoms with Gasteiger partial charge in [0.25, 0.3) is 0 Å². The Morgan fingerprint density at radius 3 is 2.53 bits per heavy atom. The maximum Gasteiger partial charge on any atom is 0.247 e. The number of hydrogen-bond acceptors (Lipinski definition) is 5. The highest BCUT2D eigenvalue weighted by atomic mass is 32.2. The van der Waals surface area contributed by atoms with Crippen LogP contribution >= 0.6 is 0 Å². The van der Waals surface area contributed by atoms with Crippen LogP contribution in [0.3, 0.4) is 0 Å². The van der Waals surface area contributed by atoms with Crippen LogP contribution in [0.4, 0.5) is 0 Å². The maximum atomic E-state index is 13.3. The molecule has 1 aliphatic heterocycles. The summed E-state index contributed by atoms with van der Waals surface area (Å²) in [6.45, 7) is 6.01. The molecule has 2 heterocycles. The predicted molar refractivity (Wildman–Crippen MR) is 120 cm³/mol. The number of rotatable bonds is 9. The number of benzene rings is 1. The molecule has 0 aliphatic carbocycles. The number of hydrogen-bond donors (Lipinski definition) is 1. The summed E-state index contributed by atoms with van der Waals surface area (Å²) in [6.07, 6.45) is 2.77. The molecule has 1 aromatic carbocycles. The largest absolute Gasteiger partial charge is 0.469 e. The molecular formula is C23H31N3O5S. The first-order valence-corrected chi connectivity index (χ1v) is 12.2. The second kappa shape index (κ2) is 9.87. The Bertz CT molecular complexity index is 1020. The lowest BCUT2D eigenvalue weighted by Crippen LogP contribution is -2.70. The number of sulfonamides is 1. The lowest BCUT2D eigenvalue weighted by Gasteiger charge is -2.46. The number of carbonyl (C=O) groups is 2. The molecule has 1 fully saturated rings. The molecule has 2 aromatic rings. The average molecular weight is 462 g/mol. The van der Waals surface area contributed by atoms with Crippen molar-refractivity contribution >= 4 is 21.8 Å². The number of carbonyl (C=O) groups excluding carboxylic acids is 2. The van der Waals surface area contributed by atoms with Gasteiger partial charge in [0, 0.05) is 26.1 Å². The minimum absolute atomic E-state index is 0.0967. The third-order valence-corrected chi connectivity index (χ3v) is 7.54. The molecule has 1 saturated heterocycles. The molecule has 1 atom stereocenters. The van der Waals surface area contributed by atoms with Crippen molar-refractivity contribution < 1.29 is 22.4 Å². The van der Waals surface area contributed by atoms with Gasteiger partial charge in [-0.1, -0.05) is 32.0 Å². The van der Waals surface area contributed by atoms with Gasteiger partial charge >= 0.3 is 0 Å². The Hall–Kier alpha value is -2.65. The molecule has 1 N–H and O–H groups in total. The zero-order valence-electron chi connectivity index (χ0n) is 18.8. The van der Waals surface area contributed by atoms with E-state index in [2.05, 4.69) is 19.2 Å². The summed E-state index contributed by atoms with van der Waals surface area (Å²) in [5.74, 6) is 0.323. The first-order chi connectivity index (χ1) is 15.1. The molecule has 0 bridgehead atoms. The van der Waals surface area contributed by atoms with Gasteiger partial charge in [-0.25, -0.2) is 8.42 Å². The van der Waals surface area contributed by atoms with Gasteiger partial charge in [-0.3, -0.25) is 9.59 Å². The molecule has 9 heteroatoms. The van der Waals surface area contributed by atoms with Crippen LogP contribution < -0.4 is 5.32 Å². The standard InChI is InChI=1S/C23H31N3O5S/c1-18(2)11-13-24-22(28)23(3)17-25(32(29,30)20-9-5-4-6-10-20)16-21(27)26(23)14-12-19-8-7-15-31-19/h4-10,15,18H,11-14,16-17H2,1-3H3,(H,24,28). The van der Waals surface area contributed by atoms with Crippen molar-refractivity contribution in [2.24, 2.45) is 5.92 Å². The summed E-state index contributed by atoms with van der Waals surface area (Å²) < 4.78 is 32.9. The van der Waals surface area contributed by atoms with E-state index in [9.17, 15) is 18.0 Å². The van der Waals surface area contributed by atoms with Crippen molar-refractivity contribution in [1.82, 2.24) is 14.5 Å². The van der Waals surface area contributed by atoms with Crippen LogP contribution in [0.15, 0.2) is 58.0 Å². The van der Waals surface area contributed by atoms with E-state index in [-0.39, 0.29) is 30.4 Å². The summed E-state index contributed by atoms with van der Waals surface area (Å²) in [7, 11) is -3.93. The third kappa shape index (κ3) is 5.21. The zero-order chi connectivity index (χ0) is 23.4. The topological polar surface area (TPSA) is 99.9 Å². The normalized spacial score (nSPS) is 20.0. The number of amides is 2. The summed E-state index contributed by atoms with van der Waals surface area (Å²) in [5, 5.41) is 2.90. The summed E-state index contributed by atoms with van der Waals surface area (Å²) >= 11 is 0. The number of piperazine rings is 1. The van der Waals surface area contributed by atoms with E-state index in [4.69, 9.17) is 4.42 Å². The van der Waals surface area contributed by atoms with Crippen molar-refractivity contribution in [3.8, 4) is 0 Å². The fraction of sp³-hybridized carbons (Fsp3) is 0.478. The van der Waals surface area contributed by atoms with Crippen molar-refractivity contribution in [3.05, 3.63) is 54.5 Å². The Labute approximate surface area is 189 Å². The molecule has 1 aromatic heterocycles. The second-order valence-corrected chi connectivity index (χ2v) is 10.6. The molecule has 0 saturated carbocycles. The van der Waals surface area contributed by atoms with Gasteiger partial charge in [0.15, 0.2) is 0 Å². The van der Waals surface area contributed by atoms with Crippen molar-refractivity contribution in [3.63, 3.8) is 0 Å². The molecule has 8 nitrogen and oxygen atoms in total. The highest BCUT2D eigenvalue weighted by Gasteiger charge is 2.50. The first-order valence-electron chi connectivity index (χ1n) is 10.8. The highest BCUT2D eigenvalue weighted by Crippen LogP contribution is 2.28. The Kier molecular flexibility index (Phi) is 7.40. The molecule has 1 aliphatic rings. The van der Waals surface area contributed by atoms with Crippen molar-refractivity contribution in [1.29, 1.82) is 0 Å². The van der Waals surface area contributed by atoms with Crippen LogP contribution in [0, 0.1) is 5.92 Å². The van der Waals surface area contributed by atoms with E-state index in [1.165, 1.54) is 17.0 Å². The summed E-state index contributed by atoms with van der Waals surface area (Å²) in [6, 6.07) is 11.5. The number of nitrogens with one attached hydrogen (secondary N) is 1. The Balaban J connectivity index is 1.87. The van der Waals surface area contributed by atoms with E-state index >= 15 is 0 Å². The van der Waals surface area contributed by atoms with Gasteiger partial charge in [-0.15, -0.1) is 0 Å². The molecule has 1 unspecified atom stereocenters. The number of nitrogens with zero attached hydrogens (tertiary/aromatic N) is 2. The van der Waals surface area contributed by atoms with Crippen molar-refractivity contribution in [2.45, 2.75) is 44.0 Å².